The first-order valence-corrected chi connectivity index (χ1v) is 5.03. The summed E-state index contributed by atoms with van der Waals surface area (Å²) in [5.74, 6) is -0.699. The lowest BCUT2D eigenvalue weighted by Crippen LogP contribution is -2.49. The summed E-state index contributed by atoms with van der Waals surface area (Å²) in [6.07, 6.45) is 0. The van der Waals surface area contributed by atoms with Crippen molar-refractivity contribution in [2.75, 3.05) is 7.05 Å². The highest BCUT2D eigenvalue weighted by Gasteiger charge is 2.21. The van der Waals surface area contributed by atoms with E-state index in [4.69, 9.17) is 5.11 Å². The summed E-state index contributed by atoms with van der Waals surface area (Å²) < 4.78 is 0. The van der Waals surface area contributed by atoms with Crippen LogP contribution in [0.15, 0.2) is 0 Å². The van der Waals surface area contributed by atoms with E-state index in [0.29, 0.717) is 5.92 Å². The summed E-state index contributed by atoms with van der Waals surface area (Å²) in [6.45, 7) is 7.38. The van der Waals surface area contributed by atoms with Crippen LogP contribution in [0.25, 0.3) is 0 Å². The molecule has 88 valence electrons. The molecule has 0 bridgehead atoms. The topological polar surface area (TPSA) is 69.6 Å². The van der Waals surface area contributed by atoms with Gasteiger partial charge in [0.1, 0.15) is 6.04 Å². The fourth-order valence-electron chi connectivity index (χ4n) is 0.981. The molecule has 0 aliphatic carbocycles. The molecular formula is C10H20N2O3. The number of hydrogen-bond acceptors (Lipinski definition) is 2. The second kappa shape index (κ2) is 5.58. The van der Waals surface area contributed by atoms with Crippen LogP contribution in [0.2, 0.25) is 0 Å². The molecular weight excluding hydrogens is 196 g/mol. The van der Waals surface area contributed by atoms with Gasteiger partial charge in [-0.05, 0) is 19.8 Å². The number of nitrogens with one attached hydrogen (secondary N) is 1. The van der Waals surface area contributed by atoms with Crippen LogP contribution in [0, 0.1) is 5.92 Å². The van der Waals surface area contributed by atoms with E-state index in [1.54, 1.807) is 7.05 Å². The Labute approximate surface area is 90.5 Å². The molecule has 1 unspecified atom stereocenters. The van der Waals surface area contributed by atoms with Gasteiger partial charge in [0, 0.05) is 13.1 Å². The number of aliphatic carboxylic acids is 1. The Hall–Kier alpha value is -1.26. The second-order valence-electron chi connectivity index (χ2n) is 4.10. The maximum Gasteiger partial charge on any atom is 0.325 e. The van der Waals surface area contributed by atoms with Gasteiger partial charge in [-0.2, -0.15) is 0 Å². The Morgan fingerprint density at radius 3 is 2.00 bits per heavy atom. The zero-order valence-electron chi connectivity index (χ0n) is 9.94. The SMILES string of the molecule is CC(C)C(C)N(C)C(=O)N[C@@H](C)C(=O)O. The van der Waals surface area contributed by atoms with Gasteiger partial charge in [-0.25, -0.2) is 4.79 Å². The zero-order valence-corrected chi connectivity index (χ0v) is 9.94. The average Bonchev–Trinajstić information content (AvgIpc) is 2.14. The molecule has 0 radical (unpaired) electrons. The van der Waals surface area contributed by atoms with Crippen LogP contribution in [0.1, 0.15) is 27.7 Å². The molecule has 0 saturated carbocycles. The fraction of sp³-hybridized carbons (Fsp3) is 0.800. The largest absolute Gasteiger partial charge is 0.480 e. The van der Waals surface area contributed by atoms with Crippen molar-refractivity contribution in [3.8, 4) is 0 Å². The number of rotatable bonds is 4. The van der Waals surface area contributed by atoms with Crippen LogP contribution in [0.5, 0.6) is 0 Å². The van der Waals surface area contributed by atoms with E-state index in [9.17, 15) is 9.59 Å². The number of carboxylic acid groups (broad SMARTS) is 1. The lowest BCUT2D eigenvalue weighted by molar-refractivity contribution is -0.138. The van der Waals surface area contributed by atoms with Gasteiger partial charge in [-0.15, -0.1) is 0 Å². The van der Waals surface area contributed by atoms with E-state index in [0.717, 1.165) is 0 Å². The van der Waals surface area contributed by atoms with Gasteiger partial charge >= 0.3 is 12.0 Å². The van der Waals surface area contributed by atoms with Crippen molar-refractivity contribution in [1.82, 2.24) is 10.2 Å². The zero-order chi connectivity index (χ0) is 12.2. The van der Waals surface area contributed by atoms with Crippen LogP contribution < -0.4 is 5.32 Å². The molecule has 2 N–H and O–H groups in total. The van der Waals surface area contributed by atoms with Crippen molar-refractivity contribution < 1.29 is 14.7 Å². The number of carbonyl (C=O) groups excluding carboxylic acids is 1. The van der Waals surface area contributed by atoms with E-state index in [1.807, 2.05) is 20.8 Å². The van der Waals surface area contributed by atoms with Gasteiger partial charge in [0.2, 0.25) is 0 Å². The van der Waals surface area contributed by atoms with Gasteiger partial charge in [0.25, 0.3) is 0 Å². The third-order valence-electron chi connectivity index (χ3n) is 2.61. The normalized spacial score (nSPS) is 14.5. The van der Waals surface area contributed by atoms with E-state index in [2.05, 4.69) is 5.32 Å². The van der Waals surface area contributed by atoms with Crippen LogP contribution >= 0.6 is 0 Å². The highest BCUT2D eigenvalue weighted by atomic mass is 16.4. The molecule has 0 aromatic rings. The van der Waals surface area contributed by atoms with Crippen molar-refractivity contribution in [2.45, 2.75) is 39.8 Å². The van der Waals surface area contributed by atoms with Crippen molar-refractivity contribution in [3.63, 3.8) is 0 Å². The molecule has 0 aromatic carbocycles. The third kappa shape index (κ3) is 4.18. The molecule has 2 atom stereocenters. The number of hydrogen-bond donors (Lipinski definition) is 2. The minimum Gasteiger partial charge on any atom is -0.480 e. The summed E-state index contributed by atoms with van der Waals surface area (Å²) in [5.41, 5.74) is 0. The Kier molecular flexibility index (Phi) is 5.11. The summed E-state index contributed by atoms with van der Waals surface area (Å²) in [5, 5.41) is 11.0. The highest BCUT2D eigenvalue weighted by Crippen LogP contribution is 2.07. The van der Waals surface area contributed by atoms with Gasteiger partial charge in [-0.3, -0.25) is 4.79 Å². The van der Waals surface area contributed by atoms with E-state index in [1.165, 1.54) is 11.8 Å². The Bertz CT molecular complexity index is 241. The quantitative estimate of drug-likeness (QED) is 0.740. The van der Waals surface area contributed by atoms with Crippen molar-refractivity contribution in [3.05, 3.63) is 0 Å². The predicted octanol–water partition coefficient (Wildman–Crippen LogP) is 1.15. The molecule has 2 amide bonds. The first-order valence-electron chi connectivity index (χ1n) is 5.03. The van der Waals surface area contributed by atoms with Gasteiger partial charge in [0.05, 0.1) is 0 Å². The minimum atomic E-state index is -1.03. The smallest absolute Gasteiger partial charge is 0.325 e. The molecule has 0 aliphatic rings. The summed E-state index contributed by atoms with van der Waals surface area (Å²) >= 11 is 0. The second-order valence-corrected chi connectivity index (χ2v) is 4.10. The Morgan fingerprint density at radius 1 is 1.20 bits per heavy atom. The lowest BCUT2D eigenvalue weighted by atomic mass is 10.1. The standard InChI is InChI=1S/C10H20N2O3/c1-6(2)8(4)12(5)10(15)11-7(3)9(13)14/h6-8H,1-5H3,(H,11,15)(H,13,14)/t7-,8?/m0/s1. The monoisotopic (exact) mass is 216 g/mol. The molecule has 0 heterocycles. The lowest BCUT2D eigenvalue weighted by Gasteiger charge is -2.28. The van der Waals surface area contributed by atoms with Crippen molar-refractivity contribution in [2.24, 2.45) is 5.92 Å². The molecule has 0 spiro atoms. The fourth-order valence-corrected chi connectivity index (χ4v) is 0.981. The first-order chi connectivity index (χ1) is 6.77. The first kappa shape index (κ1) is 13.7. The van der Waals surface area contributed by atoms with Crippen LogP contribution in [0.4, 0.5) is 4.79 Å². The third-order valence-corrected chi connectivity index (χ3v) is 2.61. The number of carbonyl (C=O) groups is 2. The number of carboxylic acids is 1. The number of amides is 2. The summed E-state index contributed by atoms with van der Waals surface area (Å²) in [4.78, 5) is 23.6. The minimum absolute atomic E-state index is 0.0750. The Morgan fingerprint density at radius 2 is 1.67 bits per heavy atom. The number of nitrogens with zero attached hydrogens (tertiary/aromatic N) is 1. The van der Waals surface area contributed by atoms with Crippen LogP contribution in [0.3, 0.4) is 0 Å². The van der Waals surface area contributed by atoms with Crippen molar-refractivity contribution >= 4 is 12.0 Å². The summed E-state index contributed by atoms with van der Waals surface area (Å²) in [6, 6.07) is -1.14. The molecule has 5 nitrogen and oxygen atoms in total. The number of urea groups is 1. The molecule has 0 saturated heterocycles. The maximum atomic E-state index is 11.6. The van der Waals surface area contributed by atoms with Gasteiger partial charge < -0.3 is 15.3 Å². The molecule has 15 heavy (non-hydrogen) atoms. The maximum absolute atomic E-state index is 11.6. The molecule has 0 rings (SSSR count). The molecule has 0 aromatic heterocycles. The van der Waals surface area contributed by atoms with Crippen LogP contribution in [-0.4, -0.2) is 41.1 Å². The molecule has 0 aliphatic heterocycles. The summed E-state index contributed by atoms with van der Waals surface area (Å²) in [7, 11) is 1.66. The van der Waals surface area contributed by atoms with E-state index < -0.39 is 12.0 Å². The average molecular weight is 216 g/mol. The van der Waals surface area contributed by atoms with Crippen molar-refractivity contribution in [1.29, 1.82) is 0 Å². The Balaban J connectivity index is 4.27. The van der Waals surface area contributed by atoms with E-state index in [-0.39, 0.29) is 12.1 Å². The van der Waals surface area contributed by atoms with Gasteiger partial charge in [0.15, 0.2) is 0 Å². The molecule has 0 fully saturated rings. The van der Waals surface area contributed by atoms with Gasteiger partial charge in [-0.1, -0.05) is 13.8 Å². The van der Waals surface area contributed by atoms with E-state index >= 15 is 0 Å². The molecule has 5 heteroatoms. The van der Waals surface area contributed by atoms with Crippen LogP contribution in [-0.2, 0) is 4.79 Å². The highest BCUT2D eigenvalue weighted by molar-refractivity contribution is 5.82. The predicted molar refractivity (Wildman–Crippen MR) is 57.7 cm³/mol.